The molecule has 0 bridgehead atoms. The molecule has 3 fully saturated rings. The smallest absolute Gasteiger partial charge is 0.237 e. The van der Waals surface area contributed by atoms with Crippen molar-refractivity contribution in [2.24, 2.45) is 0 Å². The topological polar surface area (TPSA) is 44.8 Å². The number of halogens is 2. The van der Waals surface area contributed by atoms with E-state index in [9.17, 15) is 4.79 Å². The first-order valence-electron chi connectivity index (χ1n) is 10.1. The fourth-order valence-corrected chi connectivity index (χ4v) is 4.78. The number of ether oxygens (including phenoxy) is 1. The number of rotatable bonds is 3. The molecule has 0 radical (unpaired) electrons. The van der Waals surface area contributed by atoms with E-state index < -0.39 is 0 Å². The lowest BCUT2D eigenvalue weighted by Crippen LogP contribution is -2.58. The van der Waals surface area contributed by atoms with Crippen LogP contribution in [0.3, 0.4) is 0 Å². The Morgan fingerprint density at radius 2 is 2.00 bits per heavy atom. The van der Waals surface area contributed by atoms with Crippen LogP contribution < -0.4 is 5.32 Å². The number of hydrogen-bond donors (Lipinski definition) is 1. The number of nitrogens with zero attached hydrogens (tertiary/aromatic N) is 2. The van der Waals surface area contributed by atoms with E-state index in [1.54, 1.807) is 0 Å². The summed E-state index contributed by atoms with van der Waals surface area (Å²) in [5.74, 6) is 0.267. The van der Waals surface area contributed by atoms with Crippen molar-refractivity contribution in [2.45, 2.75) is 50.8 Å². The molecule has 5 nitrogen and oxygen atoms in total. The molecule has 1 N–H and O–H groups in total. The number of carbonyl (C=O) groups excluding carboxylic acids is 1. The Hall–Kier alpha value is -0.850. The Morgan fingerprint density at radius 3 is 2.71 bits per heavy atom. The lowest BCUT2D eigenvalue weighted by Gasteiger charge is -2.48. The molecule has 1 atom stereocenters. The third-order valence-corrected chi connectivity index (χ3v) is 6.30. The monoisotopic (exact) mass is 429 g/mol. The van der Waals surface area contributed by atoms with Crippen LogP contribution in [0.4, 0.5) is 0 Å². The van der Waals surface area contributed by atoms with Gasteiger partial charge in [0.1, 0.15) is 0 Å². The van der Waals surface area contributed by atoms with Crippen molar-refractivity contribution in [2.75, 3.05) is 39.3 Å². The van der Waals surface area contributed by atoms with E-state index in [0.29, 0.717) is 12.6 Å². The van der Waals surface area contributed by atoms with Crippen LogP contribution in [0.5, 0.6) is 0 Å². The van der Waals surface area contributed by atoms with Crippen molar-refractivity contribution in [1.29, 1.82) is 0 Å². The van der Waals surface area contributed by atoms with Crippen LogP contribution in [-0.2, 0) is 16.1 Å². The molecular weight excluding hydrogens is 397 g/mol. The summed E-state index contributed by atoms with van der Waals surface area (Å²) in [5.41, 5.74) is 2.53. The van der Waals surface area contributed by atoms with Gasteiger partial charge in [0, 0.05) is 32.3 Å². The van der Waals surface area contributed by atoms with Gasteiger partial charge >= 0.3 is 0 Å². The number of aryl methyl sites for hydroxylation is 1. The number of benzene rings is 1. The molecule has 1 aromatic rings. The first-order chi connectivity index (χ1) is 12.6. The largest absolute Gasteiger partial charge is 0.375 e. The van der Waals surface area contributed by atoms with Gasteiger partial charge in [-0.2, -0.15) is 0 Å². The zero-order chi connectivity index (χ0) is 18.0. The SMILES string of the molecule is Cc1cccc(CN2CCN(C3CCOC4(CCNCC4)C3)CC2=O)c1.Cl.Cl. The second kappa shape index (κ2) is 10.3. The summed E-state index contributed by atoms with van der Waals surface area (Å²) in [6.45, 7) is 8.15. The lowest BCUT2D eigenvalue weighted by atomic mass is 9.82. The molecule has 0 aliphatic carbocycles. The molecule has 28 heavy (non-hydrogen) atoms. The number of nitrogens with one attached hydrogen (secondary N) is 1. The summed E-state index contributed by atoms with van der Waals surface area (Å²) in [5, 5.41) is 3.44. The van der Waals surface area contributed by atoms with Gasteiger partial charge in [0.2, 0.25) is 5.91 Å². The predicted molar refractivity (Wildman–Crippen MR) is 116 cm³/mol. The second-order valence-corrected chi connectivity index (χ2v) is 8.20. The summed E-state index contributed by atoms with van der Waals surface area (Å²) in [6.07, 6.45) is 4.34. The van der Waals surface area contributed by atoms with Gasteiger partial charge in [-0.3, -0.25) is 9.69 Å². The molecule has 1 unspecified atom stereocenters. The standard InChI is InChI=1S/C21H31N3O2.2ClH/c1-17-3-2-4-18(13-17)15-24-11-10-23(16-20(24)25)19-5-12-26-21(14-19)6-8-22-9-7-21;;/h2-4,13,19,22H,5-12,14-16H2,1H3;2*1H. The maximum Gasteiger partial charge on any atom is 0.237 e. The highest BCUT2D eigenvalue weighted by Gasteiger charge is 2.41. The van der Waals surface area contributed by atoms with Crippen LogP contribution >= 0.6 is 24.8 Å². The molecule has 3 aliphatic rings. The molecule has 1 spiro atoms. The van der Waals surface area contributed by atoms with E-state index in [4.69, 9.17) is 4.74 Å². The van der Waals surface area contributed by atoms with Crippen molar-refractivity contribution >= 4 is 30.7 Å². The molecular formula is C21H33Cl2N3O2. The van der Waals surface area contributed by atoms with Crippen LogP contribution in [-0.4, -0.2) is 66.7 Å². The van der Waals surface area contributed by atoms with Crippen LogP contribution in [0.25, 0.3) is 0 Å². The third-order valence-electron chi connectivity index (χ3n) is 6.30. The van der Waals surface area contributed by atoms with E-state index >= 15 is 0 Å². The van der Waals surface area contributed by atoms with E-state index in [2.05, 4.69) is 41.4 Å². The Balaban J connectivity index is 0.00000140. The fourth-order valence-electron chi connectivity index (χ4n) is 4.78. The molecule has 4 rings (SSSR count). The maximum absolute atomic E-state index is 12.7. The fraction of sp³-hybridized carbons (Fsp3) is 0.667. The minimum atomic E-state index is 0. The second-order valence-electron chi connectivity index (χ2n) is 8.20. The summed E-state index contributed by atoms with van der Waals surface area (Å²) >= 11 is 0. The van der Waals surface area contributed by atoms with Gasteiger partial charge < -0.3 is 15.0 Å². The number of carbonyl (C=O) groups is 1. The highest BCUT2D eigenvalue weighted by atomic mass is 35.5. The van der Waals surface area contributed by atoms with E-state index in [1.165, 1.54) is 11.1 Å². The van der Waals surface area contributed by atoms with Crippen molar-refractivity contribution in [1.82, 2.24) is 15.1 Å². The molecule has 1 aromatic carbocycles. The summed E-state index contributed by atoms with van der Waals surface area (Å²) < 4.78 is 6.20. The number of piperidine rings is 1. The van der Waals surface area contributed by atoms with Gasteiger partial charge in [-0.15, -0.1) is 24.8 Å². The summed E-state index contributed by atoms with van der Waals surface area (Å²) in [6, 6.07) is 8.97. The molecule has 3 aliphatic heterocycles. The maximum atomic E-state index is 12.7. The zero-order valence-electron chi connectivity index (χ0n) is 16.7. The Kier molecular flexibility index (Phi) is 8.59. The molecule has 3 heterocycles. The van der Waals surface area contributed by atoms with E-state index in [1.807, 2.05) is 4.90 Å². The molecule has 3 saturated heterocycles. The molecule has 0 aromatic heterocycles. The van der Waals surface area contributed by atoms with Crippen molar-refractivity contribution in [3.05, 3.63) is 35.4 Å². The number of amides is 1. The van der Waals surface area contributed by atoms with Crippen LogP contribution in [0.15, 0.2) is 24.3 Å². The zero-order valence-corrected chi connectivity index (χ0v) is 18.3. The highest BCUT2D eigenvalue weighted by Crippen LogP contribution is 2.35. The van der Waals surface area contributed by atoms with Crippen molar-refractivity contribution in [3.63, 3.8) is 0 Å². The first-order valence-corrected chi connectivity index (χ1v) is 10.1. The average Bonchev–Trinajstić information content (AvgIpc) is 2.64. The number of piperazine rings is 1. The quantitative estimate of drug-likeness (QED) is 0.801. The van der Waals surface area contributed by atoms with Gasteiger partial charge in [-0.25, -0.2) is 0 Å². The van der Waals surface area contributed by atoms with Gasteiger partial charge in [0.15, 0.2) is 0 Å². The first kappa shape index (κ1) is 23.4. The highest BCUT2D eigenvalue weighted by molar-refractivity contribution is 5.85. The van der Waals surface area contributed by atoms with E-state index in [0.717, 1.165) is 65.0 Å². The lowest BCUT2D eigenvalue weighted by molar-refractivity contribution is -0.146. The average molecular weight is 430 g/mol. The van der Waals surface area contributed by atoms with Crippen LogP contribution in [0, 0.1) is 6.92 Å². The van der Waals surface area contributed by atoms with Crippen molar-refractivity contribution < 1.29 is 9.53 Å². The van der Waals surface area contributed by atoms with Gasteiger partial charge in [0.05, 0.1) is 12.1 Å². The molecule has 0 saturated carbocycles. The normalized spacial score (nSPS) is 25.1. The van der Waals surface area contributed by atoms with Gasteiger partial charge in [-0.05, 0) is 51.3 Å². The molecule has 1 amide bonds. The van der Waals surface area contributed by atoms with Crippen LogP contribution in [0.1, 0.15) is 36.8 Å². The Bertz CT molecular complexity index is 647. The van der Waals surface area contributed by atoms with Crippen LogP contribution in [0.2, 0.25) is 0 Å². The predicted octanol–water partition coefficient (Wildman–Crippen LogP) is 2.78. The number of hydrogen-bond acceptors (Lipinski definition) is 4. The van der Waals surface area contributed by atoms with Gasteiger partial charge in [-0.1, -0.05) is 29.8 Å². The third kappa shape index (κ3) is 5.39. The minimum absolute atomic E-state index is 0. The summed E-state index contributed by atoms with van der Waals surface area (Å²) in [7, 11) is 0. The Morgan fingerprint density at radius 1 is 1.21 bits per heavy atom. The van der Waals surface area contributed by atoms with E-state index in [-0.39, 0.29) is 36.3 Å². The molecule has 158 valence electrons. The molecule has 7 heteroatoms. The van der Waals surface area contributed by atoms with Gasteiger partial charge in [0.25, 0.3) is 0 Å². The Labute approximate surface area is 181 Å². The minimum Gasteiger partial charge on any atom is -0.375 e. The van der Waals surface area contributed by atoms with Crippen molar-refractivity contribution in [3.8, 4) is 0 Å². The summed E-state index contributed by atoms with van der Waals surface area (Å²) in [4.78, 5) is 17.2.